The molecule has 0 atom stereocenters. The zero-order chi connectivity index (χ0) is 14.8. The van der Waals surface area contributed by atoms with Crippen molar-refractivity contribution < 1.29 is 13.9 Å². The Hall–Kier alpha value is -1.59. The quantitative estimate of drug-likeness (QED) is 0.904. The first-order chi connectivity index (χ1) is 10.2. The molecule has 1 aromatic carbocycles. The molecule has 0 spiro atoms. The van der Waals surface area contributed by atoms with Crippen molar-refractivity contribution in [3.8, 4) is 5.75 Å². The van der Waals surface area contributed by atoms with Crippen LogP contribution in [-0.4, -0.2) is 36.5 Å². The van der Waals surface area contributed by atoms with Crippen LogP contribution >= 0.6 is 12.4 Å². The molecule has 0 radical (unpaired) electrons. The number of benzene rings is 1. The lowest BCUT2D eigenvalue weighted by molar-refractivity contribution is 0.0727. The van der Waals surface area contributed by atoms with Crippen LogP contribution in [0.25, 0.3) is 0 Å². The van der Waals surface area contributed by atoms with E-state index in [-0.39, 0.29) is 31.5 Å². The molecule has 2 aliphatic rings. The van der Waals surface area contributed by atoms with Gasteiger partial charge in [0.1, 0.15) is 12.4 Å². The van der Waals surface area contributed by atoms with E-state index in [4.69, 9.17) is 10.5 Å². The molecule has 6 heteroatoms. The second-order valence-electron chi connectivity index (χ2n) is 5.56. The largest absolute Gasteiger partial charge is 0.489 e. The average molecular weight is 327 g/mol. The minimum absolute atomic E-state index is 0. The van der Waals surface area contributed by atoms with E-state index in [1.54, 1.807) is 6.07 Å². The molecule has 1 aromatic rings. The van der Waals surface area contributed by atoms with Crippen LogP contribution < -0.4 is 10.5 Å². The molecular formula is C16H20ClFN2O2. The van der Waals surface area contributed by atoms with Gasteiger partial charge in [0.05, 0.1) is 6.33 Å². The van der Waals surface area contributed by atoms with Gasteiger partial charge in [0.2, 0.25) is 0 Å². The maximum Gasteiger partial charge on any atom is 0.254 e. The smallest absolute Gasteiger partial charge is 0.254 e. The summed E-state index contributed by atoms with van der Waals surface area (Å²) in [6.07, 6.45) is 3.58. The molecule has 22 heavy (non-hydrogen) atoms. The SMILES string of the molecule is Cl.NCC(=CF)COc1ccc2c(c1)CCN(C1CC1)C2=O. The Morgan fingerprint density at radius 3 is 2.86 bits per heavy atom. The summed E-state index contributed by atoms with van der Waals surface area (Å²) in [6, 6.07) is 5.90. The van der Waals surface area contributed by atoms with Crippen LogP contribution in [0.4, 0.5) is 4.39 Å². The third-order valence-corrected chi connectivity index (χ3v) is 4.02. The first-order valence-electron chi connectivity index (χ1n) is 7.28. The monoisotopic (exact) mass is 326 g/mol. The van der Waals surface area contributed by atoms with Crippen LogP contribution in [0.1, 0.15) is 28.8 Å². The average Bonchev–Trinajstić information content (AvgIpc) is 3.33. The number of hydrogen-bond donors (Lipinski definition) is 1. The molecule has 3 rings (SSSR count). The second-order valence-corrected chi connectivity index (χ2v) is 5.56. The number of hydrogen-bond acceptors (Lipinski definition) is 3. The number of carbonyl (C=O) groups excluding carboxylic acids is 1. The number of halogens is 2. The number of nitrogens with two attached hydrogens (primary N) is 1. The third-order valence-electron chi connectivity index (χ3n) is 4.02. The summed E-state index contributed by atoms with van der Waals surface area (Å²) >= 11 is 0. The van der Waals surface area contributed by atoms with Crippen molar-refractivity contribution in [1.82, 2.24) is 4.90 Å². The van der Waals surface area contributed by atoms with Crippen LogP contribution in [0.2, 0.25) is 0 Å². The maximum atomic E-state index is 12.4. The lowest BCUT2D eigenvalue weighted by Crippen LogP contribution is -2.39. The molecule has 1 aliphatic heterocycles. The Balaban J connectivity index is 0.00000176. The van der Waals surface area contributed by atoms with Gasteiger partial charge in [-0.05, 0) is 43.0 Å². The van der Waals surface area contributed by atoms with Gasteiger partial charge in [-0.25, -0.2) is 4.39 Å². The fourth-order valence-corrected chi connectivity index (χ4v) is 2.62. The Morgan fingerprint density at radius 1 is 1.45 bits per heavy atom. The summed E-state index contributed by atoms with van der Waals surface area (Å²) in [4.78, 5) is 14.4. The summed E-state index contributed by atoms with van der Waals surface area (Å²) in [5, 5.41) is 0. The van der Waals surface area contributed by atoms with Crippen molar-refractivity contribution in [2.75, 3.05) is 19.7 Å². The van der Waals surface area contributed by atoms with Crippen LogP contribution in [0.3, 0.4) is 0 Å². The van der Waals surface area contributed by atoms with Crippen molar-refractivity contribution in [3.05, 3.63) is 41.2 Å². The number of nitrogens with zero attached hydrogens (tertiary/aromatic N) is 1. The summed E-state index contributed by atoms with van der Waals surface area (Å²) in [6.45, 7) is 1.04. The Kier molecular flexibility index (Phi) is 5.42. The lowest BCUT2D eigenvalue weighted by Gasteiger charge is -2.28. The number of carbonyl (C=O) groups is 1. The summed E-state index contributed by atoms with van der Waals surface area (Å²) in [7, 11) is 0. The number of ether oxygens (including phenoxy) is 1. The molecular weight excluding hydrogens is 307 g/mol. The highest BCUT2D eigenvalue weighted by atomic mass is 35.5. The van der Waals surface area contributed by atoms with E-state index in [2.05, 4.69) is 0 Å². The maximum absolute atomic E-state index is 12.4. The van der Waals surface area contributed by atoms with Crippen molar-refractivity contribution >= 4 is 18.3 Å². The van der Waals surface area contributed by atoms with E-state index in [0.717, 1.165) is 36.9 Å². The van der Waals surface area contributed by atoms with Crippen LogP contribution in [-0.2, 0) is 6.42 Å². The van der Waals surface area contributed by atoms with E-state index in [9.17, 15) is 9.18 Å². The van der Waals surface area contributed by atoms with E-state index in [1.807, 2.05) is 17.0 Å². The summed E-state index contributed by atoms with van der Waals surface area (Å²) in [5.41, 5.74) is 7.57. The van der Waals surface area contributed by atoms with Gasteiger partial charge in [-0.3, -0.25) is 4.79 Å². The number of rotatable bonds is 5. The molecule has 4 nitrogen and oxygen atoms in total. The zero-order valence-corrected chi connectivity index (χ0v) is 13.1. The number of fused-ring (bicyclic) bond motifs is 1. The van der Waals surface area contributed by atoms with Crippen molar-refractivity contribution in [1.29, 1.82) is 0 Å². The Labute approximate surface area is 135 Å². The predicted molar refractivity (Wildman–Crippen MR) is 85.2 cm³/mol. The minimum atomic E-state index is 0. The molecule has 1 heterocycles. The lowest BCUT2D eigenvalue weighted by atomic mass is 9.98. The third kappa shape index (κ3) is 3.42. The van der Waals surface area contributed by atoms with Crippen molar-refractivity contribution in [3.63, 3.8) is 0 Å². The van der Waals surface area contributed by atoms with Gasteiger partial charge in [-0.2, -0.15) is 0 Å². The van der Waals surface area contributed by atoms with Gasteiger partial charge >= 0.3 is 0 Å². The van der Waals surface area contributed by atoms with Crippen molar-refractivity contribution in [2.24, 2.45) is 5.73 Å². The summed E-state index contributed by atoms with van der Waals surface area (Å²) < 4.78 is 18.0. The molecule has 1 amide bonds. The van der Waals surface area contributed by atoms with E-state index < -0.39 is 0 Å². The molecule has 120 valence electrons. The van der Waals surface area contributed by atoms with Crippen LogP contribution in [0.15, 0.2) is 30.1 Å². The summed E-state index contributed by atoms with van der Waals surface area (Å²) in [5.74, 6) is 0.769. The highest BCUT2D eigenvalue weighted by molar-refractivity contribution is 5.97. The molecule has 0 saturated heterocycles. The zero-order valence-electron chi connectivity index (χ0n) is 12.3. The molecule has 1 fully saturated rings. The fraction of sp³-hybridized carbons (Fsp3) is 0.438. The fourth-order valence-electron chi connectivity index (χ4n) is 2.62. The van der Waals surface area contributed by atoms with Gasteiger partial charge in [-0.1, -0.05) is 0 Å². The molecule has 0 bridgehead atoms. The molecule has 1 aliphatic carbocycles. The van der Waals surface area contributed by atoms with Crippen LogP contribution in [0.5, 0.6) is 5.75 Å². The number of amides is 1. The Morgan fingerprint density at radius 2 is 2.23 bits per heavy atom. The highest BCUT2D eigenvalue weighted by Crippen LogP contribution is 2.32. The van der Waals surface area contributed by atoms with Crippen LogP contribution in [0, 0.1) is 0 Å². The highest BCUT2D eigenvalue weighted by Gasteiger charge is 2.35. The van der Waals surface area contributed by atoms with Gasteiger partial charge in [0.25, 0.3) is 5.91 Å². The van der Waals surface area contributed by atoms with E-state index >= 15 is 0 Å². The Bertz CT molecular complexity index is 588. The second kappa shape index (κ2) is 7.11. The standard InChI is InChI=1S/C16H19FN2O2.ClH/c17-8-11(9-18)10-21-14-3-4-15-12(7-14)5-6-19(16(15)20)13-1-2-13;/h3-4,7-8,13H,1-2,5-6,9-10,18H2;1H. The topological polar surface area (TPSA) is 55.6 Å². The van der Waals surface area contributed by atoms with Gasteiger partial charge in [-0.15, -0.1) is 12.4 Å². The first kappa shape index (κ1) is 16.8. The van der Waals surface area contributed by atoms with Crippen molar-refractivity contribution in [2.45, 2.75) is 25.3 Å². The van der Waals surface area contributed by atoms with E-state index in [1.165, 1.54) is 0 Å². The molecule has 0 aromatic heterocycles. The predicted octanol–water partition coefficient (Wildman–Crippen LogP) is 2.46. The first-order valence-corrected chi connectivity index (χ1v) is 7.28. The normalized spacial score (nSPS) is 17.8. The molecule has 0 unspecified atom stereocenters. The minimum Gasteiger partial charge on any atom is -0.489 e. The van der Waals surface area contributed by atoms with Gasteiger partial charge in [0.15, 0.2) is 0 Å². The van der Waals surface area contributed by atoms with Gasteiger partial charge in [0, 0.05) is 30.3 Å². The molecule has 2 N–H and O–H groups in total. The van der Waals surface area contributed by atoms with Gasteiger partial charge < -0.3 is 15.4 Å². The van der Waals surface area contributed by atoms with E-state index in [0.29, 0.717) is 23.7 Å². The molecule has 1 saturated carbocycles.